The third-order valence-electron chi connectivity index (χ3n) is 5.03. The summed E-state index contributed by atoms with van der Waals surface area (Å²) < 4.78 is 13.1. The fourth-order valence-electron chi connectivity index (χ4n) is 3.65. The molecule has 2 amide bonds. The molecule has 0 unspecified atom stereocenters. The number of fused-ring (bicyclic) bond motifs is 1. The van der Waals surface area contributed by atoms with Crippen molar-refractivity contribution in [3.8, 4) is 0 Å². The van der Waals surface area contributed by atoms with Gasteiger partial charge in [0.05, 0.1) is 5.92 Å². The molecule has 1 atom stereocenters. The molecule has 132 valence electrons. The number of nitrogens with zero attached hydrogens (tertiary/aromatic N) is 1. The monoisotopic (exact) mass is 350 g/mol. The Morgan fingerprint density at radius 2 is 1.88 bits per heavy atom. The van der Waals surface area contributed by atoms with E-state index < -0.39 is 5.92 Å². The van der Waals surface area contributed by atoms with Crippen LogP contribution in [0.5, 0.6) is 0 Å². The molecule has 0 spiro atoms. The Balaban J connectivity index is 1.52. The van der Waals surface area contributed by atoms with E-state index in [0.29, 0.717) is 13.1 Å². The zero-order valence-electron chi connectivity index (χ0n) is 14.2. The molecule has 2 aromatic rings. The predicted octanol–water partition coefficient (Wildman–Crippen LogP) is 3.57. The number of hydrogen-bond donors (Lipinski definition) is 1. The molecule has 0 fully saturated rings. The van der Waals surface area contributed by atoms with Gasteiger partial charge in [-0.05, 0) is 41.3 Å². The van der Waals surface area contributed by atoms with Gasteiger partial charge >= 0.3 is 0 Å². The average Bonchev–Trinajstić information content (AvgIpc) is 2.67. The number of nitrogens with one attached hydrogen (secondary N) is 1. The van der Waals surface area contributed by atoms with Crippen LogP contribution in [-0.4, -0.2) is 29.8 Å². The third-order valence-corrected chi connectivity index (χ3v) is 5.03. The smallest absolute Gasteiger partial charge is 0.231 e. The lowest BCUT2D eigenvalue weighted by atomic mass is 9.88. The summed E-state index contributed by atoms with van der Waals surface area (Å²) in [6, 6.07) is 13.9. The zero-order chi connectivity index (χ0) is 18.1. The molecule has 0 aromatic heterocycles. The maximum atomic E-state index is 13.1. The van der Waals surface area contributed by atoms with Gasteiger partial charge in [-0.1, -0.05) is 36.4 Å². The zero-order valence-corrected chi connectivity index (χ0v) is 14.2. The predicted molar refractivity (Wildman–Crippen MR) is 98.0 cm³/mol. The Labute approximate surface area is 151 Å². The number of hydrogen-bond acceptors (Lipinski definition) is 2. The van der Waals surface area contributed by atoms with Crippen molar-refractivity contribution in [1.29, 1.82) is 0 Å². The molecule has 5 heteroatoms. The van der Waals surface area contributed by atoms with Gasteiger partial charge in [0.25, 0.3) is 0 Å². The molecule has 2 aliphatic heterocycles. The van der Waals surface area contributed by atoms with E-state index in [1.165, 1.54) is 12.1 Å². The molecule has 0 radical (unpaired) electrons. The van der Waals surface area contributed by atoms with Crippen LogP contribution in [0.4, 0.5) is 10.1 Å². The Bertz CT molecular complexity index is 889. The summed E-state index contributed by atoms with van der Waals surface area (Å²) in [6.45, 7) is 1.11. The number of benzene rings is 2. The van der Waals surface area contributed by atoms with E-state index in [4.69, 9.17) is 0 Å². The fourth-order valence-corrected chi connectivity index (χ4v) is 3.65. The van der Waals surface area contributed by atoms with Crippen molar-refractivity contribution in [2.75, 3.05) is 18.4 Å². The quantitative estimate of drug-likeness (QED) is 0.900. The number of carbonyl (C=O) groups is 2. The molecule has 2 aliphatic rings. The molecule has 1 N–H and O–H groups in total. The van der Waals surface area contributed by atoms with Crippen molar-refractivity contribution in [2.45, 2.75) is 18.8 Å². The third kappa shape index (κ3) is 3.12. The molecule has 2 heterocycles. The lowest BCUT2D eigenvalue weighted by molar-refractivity contribution is -0.134. The first-order valence-electron chi connectivity index (χ1n) is 8.74. The lowest BCUT2D eigenvalue weighted by Crippen LogP contribution is -2.40. The topological polar surface area (TPSA) is 49.4 Å². The van der Waals surface area contributed by atoms with E-state index in [-0.39, 0.29) is 24.1 Å². The van der Waals surface area contributed by atoms with Crippen LogP contribution in [-0.2, 0) is 9.59 Å². The van der Waals surface area contributed by atoms with Gasteiger partial charge in [0.1, 0.15) is 5.82 Å². The molecule has 0 saturated heterocycles. The van der Waals surface area contributed by atoms with Crippen molar-refractivity contribution in [3.05, 3.63) is 71.6 Å². The van der Waals surface area contributed by atoms with Gasteiger partial charge in [-0.15, -0.1) is 0 Å². The van der Waals surface area contributed by atoms with Gasteiger partial charge in [-0.25, -0.2) is 4.39 Å². The van der Waals surface area contributed by atoms with E-state index >= 15 is 0 Å². The maximum Gasteiger partial charge on any atom is 0.231 e. The summed E-state index contributed by atoms with van der Waals surface area (Å²) in [7, 11) is 0. The Morgan fingerprint density at radius 3 is 2.62 bits per heavy atom. The highest BCUT2D eigenvalue weighted by Crippen LogP contribution is 2.34. The minimum absolute atomic E-state index is 0.0123. The first-order chi connectivity index (χ1) is 12.6. The second kappa shape index (κ2) is 6.75. The Kier molecular flexibility index (Phi) is 4.29. The average molecular weight is 350 g/mol. The first-order valence-corrected chi connectivity index (χ1v) is 8.74. The van der Waals surface area contributed by atoms with Crippen LogP contribution in [0.15, 0.2) is 54.6 Å². The van der Waals surface area contributed by atoms with Crippen LogP contribution >= 0.6 is 0 Å². The van der Waals surface area contributed by atoms with Gasteiger partial charge in [0.15, 0.2) is 0 Å². The van der Waals surface area contributed by atoms with Crippen LogP contribution in [0.3, 0.4) is 0 Å². The van der Waals surface area contributed by atoms with E-state index in [1.54, 1.807) is 17.0 Å². The highest BCUT2D eigenvalue weighted by molar-refractivity contribution is 6.01. The molecular formula is C21H19FN2O2. The molecular weight excluding hydrogens is 331 g/mol. The SMILES string of the molecule is O=C1C[C@H](C(=O)N2CC=C(c3ccc(F)cc3)CC2)c2ccccc2N1. The van der Waals surface area contributed by atoms with Crippen LogP contribution < -0.4 is 5.32 Å². The molecule has 0 saturated carbocycles. The van der Waals surface area contributed by atoms with Crippen LogP contribution in [0, 0.1) is 5.82 Å². The highest BCUT2D eigenvalue weighted by atomic mass is 19.1. The van der Waals surface area contributed by atoms with Crippen molar-refractivity contribution < 1.29 is 14.0 Å². The number of carbonyl (C=O) groups excluding carboxylic acids is 2. The van der Waals surface area contributed by atoms with E-state index in [1.807, 2.05) is 30.3 Å². The number of amides is 2. The summed E-state index contributed by atoms with van der Waals surface area (Å²) in [5, 5.41) is 2.83. The van der Waals surface area contributed by atoms with Gasteiger partial charge < -0.3 is 10.2 Å². The Hall–Kier alpha value is -2.95. The van der Waals surface area contributed by atoms with Crippen molar-refractivity contribution in [3.63, 3.8) is 0 Å². The number of rotatable bonds is 2. The maximum absolute atomic E-state index is 13.1. The summed E-state index contributed by atoms with van der Waals surface area (Å²) in [4.78, 5) is 26.8. The van der Waals surface area contributed by atoms with Crippen molar-refractivity contribution in [1.82, 2.24) is 4.90 Å². The van der Waals surface area contributed by atoms with Gasteiger partial charge in [0.2, 0.25) is 11.8 Å². The highest BCUT2D eigenvalue weighted by Gasteiger charge is 2.33. The minimum atomic E-state index is -0.430. The van der Waals surface area contributed by atoms with Gasteiger partial charge in [-0.3, -0.25) is 9.59 Å². The number of anilines is 1. The first kappa shape index (κ1) is 16.5. The second-order valence-electron chi connectivity index (χ2n) is 6.66. The van der Waals surface area contributed by atoms with E-state index in [9.17, 15) is 14.0 Å². The molecule has 0 aliphatic carbocycles. The molecule has 26 heavy (non-hydrogen) atoms. The number of halogens is 1. The van der Waals surface area contributed by atoms with E-state index in [2.05, 4.69) is 5.32 Å². The minimum Gasteiger partial charge on any atom is -0.338 e. The molecule has 0 bridgehead atoms. The van der Waals surface area contributed by atoms with Crippen LogP contribution in [0.2, 0.25) is 0 Å². The standard InChI is InChI=1S/C21H19FN2O2/c22-16-7-5-14(6-8-16)15-9-11-24(12-10-15)21(26)18-13-20(25)23-19-4-2-1-3-17(18)19/h1-9,18H,10-13H2,(H,23,25)/t18-/m0/s1. The summed E-state index contributed by atoms with van der Waals surface area (Å²) in [5.74, 6) is -0.819. The Morgan fingerprint density at radius 1 is 1.12 bits per heavy atom. The molecule has 2 aromatic carbocycles. The summed E-state index contributed by atoms with van der Waals surface area (Å²) in [6.07, 6.45) is 2.92. The normalized spacial score (nSPS) is 19.4. The van der Waals surface area contributed by atoms with Crippen molar-refractivity contribution >= 4 is 23.1 Å². The molecule has 4 rings (SSSR count). The lowest BCUT2D eigenvalue weighted by Gasteiger charge is -2.32. The number of para-hydroxylation sites is 1. The fraction of sp³-hybridized carbons (Fsp3) is 0.238. The summed E-state index contributed by atoms with van der Waals surface area (Å²) in [5.41, 5.74) is 3.71. The van der Waals surface area contributed by atoms with Crippen molar-refractivity contribution in [2.24, 2.45) is 0 Å². The van der Waals surface area contributed by atoms with Crippen LogP contribution in [0.1, 0.15) is 29.9 Å². The molecule has 4 nitrogen and oxygen atoms in total. The van der Waals surface area contributed by atoms with Gasteiger partial charge in [-0.2, -0.15) is 0 Å². The summed E-state index contributed by atoms with van der Waals surface area (Å²) >= 11 is 0. The largest absolute Gasteiger partial charge is 0.338 e. The van der Waals surface area contributed by atoms with E-state index in [0.717, 1.165) is 28.8 Å². The van der Waals surface area contributed by atoms with Gasteiger partial charge in [0, 0.05) is 25.2 Å². The van der Waals surface area contributed by atoms with Crippen LogP contribution in [0.25, 0.3) is 5.57 Å². The second-order valence-corrected chi connectivity index (χ2v) is 6.66.